The maximum absolute atomic E-state index is 5.91. The summed E-state index contributed by atoms with van der Waals surface area (Å²) in [7, 11) is 0. The Balaban J connectivity index is 0.00000225. The molecular formula is C26H24ClN. The zero-order valence-electron chi connectivity index (χ0n) is 15.7. The highest BCUT2D eigenvalue weighted by atomic mass is 35.5. The van der Waals surface area contributed by atoms with Gasteiger partial charge >= 0.3 is 0 Å². The third-order valence-electron chi connectivity index (χ3n) is 4.91. The number of halogens is 1. The van der Waals surface area contributed by atoms with Gasteiger partial charge in [-0.25, -0.2) is 0 Å². The highest BCUT2D eigenvalue weighted by Crippen LogP contribution is 2.33. The number of nitrogen functional groups attached to an aromatic ring is 1. The molecule has 0 aliphatic rings. The maximum atomic E-state index is 5.91. The fraction of sp³-hybridized carbons (Fsp3) is 0.0769. The van der Waals surface area contributed by atoms with Crippen molar-refractivity contribution in [2.45, 2.75) is 12.8 Å². The first-order valence-corrected chi connectivity index (χ1v) is 9.38. The van der Waals surface area contributed by atoms with Gasteiger partial charge in [-0.15, -0.1) is 12.4 Å². The van der Waals surface area contributed by atoms with Gasteiger partial charge in [-0.2, -0.15) is 0 Å². The average molecular weight is 386 g/mol. The summed E-state index contributed by atoms with van der Waals surface area (Å²) in [5.41, 5.74) is 14.4. The van der Waals surface area contributed by atoms with Crippen LogP contribution in [0.25, 0.3) is 22.3 Å². The van der Waals surface area contributed by atoms with Gasteiger partial charge in [0.05, 0.1) is 0 Å². The number of benzene rings is 4. The lowest BCUT2D eigenvalue weighted by molar-refractivity contribution is 0.961. The summed E-state index contributed by atoms with van der Waals surface area (Å²) < 4.78 is 0. The van der Waals surface area contributed by atoms with Crippen molar-refractivity contribution in [2.75, 3.05) is 5.73 Å². The highest BCUT2D eigenvalue weighted by molar-refractivity contribution is 5.85. The zero-order valence-corrected chi connectivity index (χ0v) is 16.5. The molecule has 4 aromatic rings. The Morgan fingerprint density at radius 2 is 1.07 bits per heavy atom. The highest BCUT2D eigenvalue weighted by Gasteiger charge is 2.09. The number of hydrogen-bond acceptors (Lipinski definition) is 1. The molecule has 4 aromatic carbocycles. The van der Waals surface area contributed by atoms with Gasteiger partial charge in [-0.3, -0.25) is 0 Å². The molecule has 0 heterocycles. The molecule has 0 amide bonds. The molecule has 0 radical (unpaired) electrons. The van der Waals surface area contributed by atoms with Crippen LogP contribution < -0.4 is 5.73 Å². The Morgan fingerprint density at radius 3 is 1.68 bits per heavy atom. The Kier molecular flexibility index (Phi) is 6.52. The molecule has 0 aliphatic heterocycles. The number of hydrogen-bond donors (Lipinski definition) is 1. The van der Waals surface area contributed by atoms with E-state index < -0.39 is 0 Å². The number of aryl methyl sites for hydroxylation is 2. The van der Waals surface area contributed by atoms with E-state index in [2.05, 4.69) is 91.0 Å². The summed E-state index contributed by atoms with van der Waals surface area (Å²) in [5.74, 6) is 0. The van der Waals surface area contributed by atoms with E-state index in [9.17, 15) is 0 Å². The van der Waals surface area contributed by atoms with Crippen LogP contribution in [0.1, 0.15) is 11.1 Å². The van der Waals surface area contributed by atoms with Crippen molar-refractivity contribution in [3.05, 3.63) is 114 Å². The molecule has 0 aliphatic carbocycles. The van der Waals surface area contributed by atoms with Gasteiger partial charge in [0.2, 0.25) is 0 Å². The predicted octanol–water partition coefficient (Wildman–Crippen LogP) is 6.81. The standard InChI is InChI=1S/C26H23N.ClH/c27-24-13-7-8-20(18-24)14-15-21-16-17-25(22-9-3-1-4-10-22)26(19-21)23-11-5-2-6-12-23;/h1-13,16-19H,14-15,27H2;1H. The van der Waals surface area contributed by atoms with Gasteiger partial charge < -0.3 is 5.73 Å². The third kappa shape index (κ3) is 4.62. The summed E-state index contributed by atoms with van der Waals surface area (Å²) in [6.45, 7) is 0. The summed E-state index contributed by atoms with van der Waals surface area (Å²) in [4.78, 5) is 0. The lowest BCUT2D eigenvalue weighted by Gasteiger charge is -2.13. The Bertz CT molecular complexity index is 1030. The molecule has 2 heteroatoms. The van der Waals surface area contributed by atoms with E-state index in [1.165, 1.54) is 33.4 Å². The third-order valence-corrected chi connectivity index (χ3v) is 4.91. The van der Waals surface area contributed by atoms with Crippen molar-refractivity contribution < 1.29 is 0 Å². The first-order valence-electron chi connectivity index (χ1n) is 9.38. The van der Waals surface area contributed by atoms with E-state index >= 15 is 0 Å². The molecule has 0 bridgehead atoms. The van der Waals surface area contributed by atoms with Crippen LogP contribution in [0.3, 0.4) is 0 Å². The molecule has 140 valence electrons. The minimum absolute atomic E-state index is 0. The van der Waals surface area contributed by atoms with Crippen LogP contribution in [-0.4, -0.2) is 0 Å². The number of nitrogens with two attached hydrogens (primary N) is 1. The van der Waals surface area contributed by atoms with Crippen LogP contribution in [0.2, 0.25) is 0 Å². The summed E-state index contributed by atoms with van der Waals surface area (Å²) in [5, 5.41) is 0. The second-order valence-electron chi connectivity index (χ2n) is 6.86. The van der Waals surface area contributed by atoms with Crippen LogP contribution in [0, 0.1) is 0 Å². The van der Waals surface area contributed by atoms with Crippen molar-refractivity contribution in [1.29, 1.82) is 0 Å². The van der Waals surface area contributed by atoms with E-state index in [-0.39, 0.29) is 12.4 Å². The normalized spacial score (nSPS) is 10.3. The average Bonchev–Trinajstić information content (AvgIpc) is 2.73. The molecule has 0 spiro atoms. The molecule has 4 rings (SSSR count). The van der Waals surface area contributed by atoms with Gasteiger partial charge in [-0.1, -0.05) is 91.0 Å². The molecular weight excluding hydrogens is 362 g/mol. The van der Waals surface area contributed by atoms with Crippen molar-refractivity contribution >= 4 is 18.1 Å². The number of anilines is 1. The Hall–Kier alpha value is -3.03. The number of rotatable bonds is 5. The fourth-order valence-electron chi connectivity index (χ4n) is 3.51. The monoisotopic (exact) mass is 385 g/mol. The van der Waals surface area contributed by atoms with Crippen molar-refractivity contribution in [3.8, 4) is 22.3 Å². The Labute approximate surface area is 173 Å². The summed E-state index contributed by atoms with van der Waals surface area (Å²) in [6.07, 6.45) is 1.99. The molecule has 0 saturated carbocycles. The molecule has 28 heavy (non-hydrogen) atoms. The van der Waals surface area contributed by atoms with E-state index in [0.29, 0.717) is 0 Å². The van der Waals surface area contributed by atoms with Crippen molar-refractivity contribution in [3.63, 3.8) is 0 Å². The smallest absolute Gasteiger partial charge is 0.0316 e. The van der Waals surface area contributed by atoms with Crippen LogP contribution in [-0.2, 0) is 12.8 Å². The molecule has 1 nitrogen and oxygen atoms in total. The minimum Gasteiger partial charge on any atom is -0.399 e. The Morgan fingerprint density at radius 1 is 0.500 bits per heavy atom. The van der Waals surface area contributed by atoms with E-state index in [0.717, 1.165) is 18.5 Å². The lowest BCUT2D eigenvalue weighted by atomic mass is 9.91. The van der Waals surface area contributed by atoms with Gasteiger partial charge in [-0.05, 0) is 58.4 Å². The molecule has 0 aromatic heterocycles. The lowest BCUT2D eigenvalue weighted by Crippen LogP contribution is -1.95. The summed E-state index contributed by atoms with van der Waals surface area (Å²) >= 11 is 0. The minimum atomic E-state index is 0. The van der Waals surface area contributed by atoms with Crippen LogP contribution in [0.5, 0.6) is 0 Å². The van der Waals surface area contributed by atoms with Gasteiger partial charge in [0, 0.05) is 5.69 Å². The second-order valence-corrected chi connectivity index (χ2v) is 6.86. The van der Waals surface area contributed by atoms with Gasteiger partial charge in [0.25, 0.3) is 0 Å². The summed E-state index contributed by atoms with van der Waals surface area (Å²) in [6, 6.07) is 36.3. The first kappa shape index (κ1) is 19.7. The molecule has 2 N–H and O–H groups in total. The van der Waals surface area contributed by atoms with Crippen LogP contribution in [0.4, 0.5) is 5.69 Å². The fourth-order valence-corrected chi connectivity index (χ4v) is 3.51. The maximum Gasteiger partial charge on any atom is 0.0316 e. The second kappa shape index (κ2) is 9.25. The van der Waals surface area contributed by atoms with Gasteiger partial charge in [0.15, 0.2) is 0 Å². The first-order chi connectivity index (χ1) is 13.3. The van der Waals surface area contributed by atoms with E-state index in [4.69, 9.17) is 5.73 Å². The molecule has 0 saturated heterocycles. The van der Waals surface area contributed by atoms with Crippen LogP contribution in [0.15, 0.2) is 103 Å². The van der Waals surface area contributed by atoms with Gasteiger partial charge in [0.1, 0.15) is 0 Å². The van der Waals surface area contributed by atoms with Crippen molar-refractivity contribution in [2.24, 2.45) is 0 Å². The SMILES string of the molecule is Cl.Nc1cccc(CCc2ccc(-c3ccccc3)c(-c3ccccc3)c2)c1. The quantitative estimate of drug-likeness (QED) is 0.375. The predicted molar refractivity (Wildman–Crippen MR) is 123 cm³/mol. The van der Waals surface area contributed by atoms with E-state index in [1.54, 1.807) is 0 Å². The largest absolute Gasteiger partial charge is 0.399 e. The molecule has 0 fully saturated rings. The van der Waals surface area contributed by atoms with Crippen LogP contribution >= 0.6 is 12.4 Å². The van der Waals surface area contributed by atoms with E-state index in [1.807, 2.05) is 12.1 Å². The molecule has 0 unspecified atom stereocenters. The topological polar surface area (TPSA) is 26.0 Å². The zero-order chi connectivity index (χ0) is 18.5. The molecule has 0 atom stereocenters. The van der Waals surface area contributed by atoms with Crippen molar-refractivity contribution in [1.82, 2.24) is 0 Å².